The van der Waals surface area contributed by atoms with Gasteiger partial charge in [-0.15, -0.1) is 0 Å². The molecular weight excluding hydrogens is 495 g/mol. The maximum absolute atomic E-state index is 13.6. The molecule has 0 aliphatic carbocycles. The molecule has 0 saturated heterocycles. The molecule has 8 heteroatoms. The lowest BCUT2D eigenvalue weighted by Gasteiger charge is -2.19. The standard InChI is InChI=1S/C26H21Cl3N2O3/c1-14-11-17(15(2)30(14)18-9-10-20(27)22(29)13-18)12-19-24(26(33)34-4)16(3)31(25(19)32)23-8-6-5-7-21(23)28/h5-13H,1-4H3/b19-12-. The number of esters is 1. The van der Waals surface area contributed by atoms with Crippen molar-refractivity contribution in [2.45, 2.75) is 20.8 Å². The summed E-state index contributed by atoms with van der Waals surface area (Å²) in [6, 6.07) is 14.3. The first-order chi connectivity index (χ1) is 16.1. The number of allylic oxidation sites excluding steroid dienone is 1. The molecule has 174 valence electrons. The second kappa shape index (κ2) is 9.34. The van der Waals surface area contributed by atoms with Gasteiger partial charge in [0.25, 0.3) is 5.91 Å². The van der Waals surface area contributed by atoms with Gasteiger partial charge in [0.1, 0.15) is 0 Å². The maximum atomic E-state index is 13.6. The Morgan fingerprint density at radius 3 is 2.29 bits per heavy atom. The van der Waals surface area contributed by atoms with Crippen molar-refractivity contribution < 1.29 is 14.3 Å². The number of carbonyl (C=O) groups is 2. The van der Waals surface area contributed by atoms with E-state index in [1.165, 1.54) is 12.0 Å². The van der Waals surface area contributed by atoms with Gasteiger partial charge in [-0.3, -0.25) is 9.69 Å². The predicted molar refractivity (Wildman–Crippen MR) is 137 cm³/mol. The Bertz CT molecular complexity index is 1400. The van der Waals surface area contributed by atoms with Gasteiger partial charge in [-0.1, -0.05) is 46.9 Å². The van der Waals surface area contributed by atoms with E-state index in [1.807, 2.05) is 30.5 Å². The molecule has 1 aliphatic rings. The van der Waals surface area contributed by atoms with Crippen molar-refractivity contribution in [3.63, 3.8) is 0 Å². The number of carbonyl (C=O) groups excluding carboxylic acids is 2. The second-order valence-electron chi connectivity index (χ2n) is 7.86. The highest BCUT2D eigenvalue weighted by molar-refractivity contribution is 6.42. The summed E-state index contributed by atoms with van der Waals surface area (Å²) in [6.45, 7) is 5.58. The molecule has 0 spiro atoms. The molecule has 0 atom stereocenters. The lowest BCUT2D eigenvalue weighted by Crippen LogP contribution is -2.24. The fourth-order valence-corrected chi connectivity index (χ4v) is 4.73. The Hall–Kier alpha value is -2.99. The summed E-state index contributed by atoms with van der Waals surface area (Å²) in [5.41, 5.74) is 4.80. The Labute approximate surface area is 212 Å². The summed E-state index contributed by atoms with van der Waals surface area (Å²) >= 11 is 18.7. The average molecular weight is 516 g/mol. The van der Waals surface area contributed by atoms with Crippen LogP contribution in [0.15, 0.2) is 65.4 Å². The third kappa shape index (κ3) is 4.05. The molecule has 0 bridgehead atoms. The highest BCUT2D eigenvalue weighted by Crippen LogP contribution is 2.39. The molecule has 34 heavy (non-hydrogen) atoms. The molecule has 0 N–H and O–H groups in total. The van der Waals surface area contributed by atoms with Crippen LogP contribution in [0.4, 0.5) is 5.69 Å². The average Bonchev–Trinajstić information content (AvgIpc) is 3.22. The molecule has 4 rings (SSSR count). The third-order valence-electron chi connectivity index (χ3n) is 5.81. The minimum Gasteiger partial charge on any atom is -0.465 e. The number of methoxy groups -OCH3 is 1. The van der Waals surface area contributed by atoms with Gasteiger partial charge in [0, 0.05) is 22.8 Å². The highest BCUT2D eigenvalue weighted by atomic mass is 35.5. The van der Waals surface area contributed by atoms with Crippen LogP contribution >= 0.6 is 34.8 Å². The van der Waals surface area contributed by atoms with Gasteiger partial charge in [0.2, 0.25) is 0 Å². The van der Waals surface area contributed by atoms with Crippen molar-refractivity contribution in [3.05, 3.63) is 97.4 Å². The van der Waals surface area contributed by atoms with Gasteiger partial charge in [-0.25, -0.2) is 4.79 Å². The van der Waals surface area contributed by atoms with Gasteiger partial charge in [-0.2, -0.15) is 0 Å². The molecule has 2 heterocycles. The number of hydrogen-bond acceptors (Lipinski definition) is 3. The number of ether oxygens (including phenoxy) is 1. The Balaban J connectivity index is 1.86. The summed E-state index contributed by atoms with van der Waals surface area (Å²) in [7, 11) is 1.29. The first kappa shape index (κ1) is 24.1. The monoisotopic (exact) mass is 514 g/mol. The van der Waals surface area contributed by atoms with E-state index < -0.39 is 5.97 Å². The molecular formula is C26H21Cl3N2O3. The van der Waals surface area contributed by atoms with Crippen LogP contribution in [-0.4, -0.2) is 23.6 Å². The summed E-state index contributed by atoms with van der Waals surface area (Å²) in [6.07, 6.45) is 1.71. The van der Waals surface area contributed by atoms with Crippen molar-refractivity contribution in [2.24, 2.45) is 0 Å². The van der Waals surface area contributed by atoms with Crippen LogP contribution in [-0.2, 0) is 14.3 Å². The summed E-state index contributed by atoms with van der Waals surface area (Å²) in [4.78, 5) is 27.7. The van der Waals surface area contributed by atoms with Gasteiger partial charge < -0.3 is 9.30 Å². The topological polar surface area (TPSA) is 51.5 Å². The Morgan fingerprint density at radius 1 is 0.941 bits per heavy atom. The smallest absolute Gasteiger partial charge is 0.340 e. The van der Waals surface area contributed by atoms with Crippen molar-refractivity contribution in [3.8, 4) is 5.69 Å². The van der Waals surface area contributed by atoms with Gasteiger partial charge in [-0.05, 0) is 68.8 Å². The van der Waals surface area contributed by atoms with Crippen molar-refractivity contribution in [2.75, 3.05) is 12.0 Å². The number of rotatable bonds is 4. The minimum absolute atomic E-state index is 0.201. The van der Waals surface area contributed by atoms with E-state index in [0.717, 1.165) is 22.6 Å². The molecule has 2 aromatic carbocycles. The van der Waals surface area contributed by atoms with Crippen LogP contribution in [0.3, 0.4) is 0 Å². The van der Waals surface area contributed by atoms with Crippen LogP contribution < -0.4 is 4.90 Å². The van der Waals surface area contributed by atoms with Crippen LogP contribution in [0.5, 0.6) is 0 Å². The molecule has 1 aliphatic heterocycles. The minimum atomic E-state index is -0.593. The molecule has 1 amide bonds. The molecule has 3 aromatic rings. The Kier molecular flexibility index (Phi) is 6.63. The van der Waals surface area contributed by atoms with Crippen LogP contribution in [0.1, 0.15) is 23.9 Å². The van der Waals surface area contributed by atoms with E-state index in [9.17, 15) is 9.59 Å². The van der Waals surface area contributed by atoms with Crippen molar-refractivity contribution in [1.82, 2.24) is 4.57 Å². The molecule has 0 unspecified atom stereocenters. The highest BCUT2D eigenvalue weighted by Gasteiger charge is 2.38. The van der Waals surface area contributed by atoms with E-state index in [0.29, 0.717) is 26.5 Å². The second-order valence-corrected chi connectivity index (χ2v) is 9.08. The number of nitrogens with zero attached hydrogens (tertiary/aromatic N) is 2. The zero-order chi connectivity index (χ0) is 24.7. The van der Waals surface area contributed by atoms with E-state index in [2.05, 4.69) is 0 Å². The molecule has 5 nitrogen and oxygen atoms in total. The largest absolute Gasteiger partial charge is 0.465 e. The summed E-state index contributed by atoms with van der Waals surface area (Å²) < 4.78 is 7.01. The maximum Gasteiger partial charge on any atom is 0.340 e. The van der Waals surface area contributed by atoms with E-state index in [1.54, 1.807) is 49.4 Å². The van der Waals surface area contributed by atoms with E-state index in [-0.39, 0.29) is 17.1 Å². The number of amides is 1. The SMILES string of the molecule is COC(=O)C1=C(C)N(c2ccccc2Cl)C(=O)/C1=C\c1cc(C)n(-c2ccc(Cl)c(Cl)c2)c1C. The van der Waals surface area contributed by atoms with Crippen LogP contribution in [0.25, 0.3) is 11.8 Å². The predicted octanol–water partition coefficient (Wildman–Crippen LogP) is 6.93. The zero-order valence-electron chi connectivity index (χ0n) is 18.9. The lowest BCUT2D eigenvalue weighted by atomic mass is 10.0. The number of hydrogen-bond donors (Lipinski definition) is 0. The fourth-order valence-electron chi connectivity index (χ4n) is 4.21. The van der Waals surface area contributed by atoms with E-state index >= 15 is 0 Å². The number of aromatic nitrogens is 1. The Morgan fingerprint density at radius 2 is 1.65 bits per heavy atom. The first-order valence-corrected chi connectivity index (χ1v) is 11.5. The lowest BCUT2D eigenvalue weighted by molar-refractivity contribution is -0.136. The van der Waals surface area contributed by atoms with Gasteiger partial charge in [0.15, 0.2) is 0 Å². The number of halogens is 3. The zero-order valence-corrected chi connectivity index (χ0v) is 21.2. The summed E-state index contributed by atoms with van der Waals surface area (Å²) in [5.74, 6) is -0.949. The van der Waals surface area contributed by atoms with Crippen molar-refractivity contribution >= 4 is 58.4 Å². The third-order valence-corrected chi connectivity index (χ3v) is 6.87. The fraction of sp³-hybridized carbons (Fsp3) is 0.154. The van der Waals surface area contributed by atoms with Gasteiger partial charge in [0.05, 0.1) is 39.0 Å². The molecule has 0 fully saturated rings. The molecule has 1 aromatic heterocycles. The molecule has 0 saturated carbocycles. The molecule has 0 radical (unpaired) electrons. The first-order valence-electron chi connectivity index (χ1n) is 10.4. The summed E-state index contributed by atoms with van der Waals surface area (Å²) in [5, 5.41) is 1.31. The number of para-hydroxylation sites is 1. The van der Waals surface area contributed by atoms with E-state index in [4.69, 9.17) is 39.5 Å². The number of aryl methyl sites for hydroxylation is 1. The van der Waals surface area contributed by atoms with Gasteiger partial charge >= 0.3 is 5.97 Å². The number of anilines is 1. The normalized spacial score (nSPS) is 15.0. The van der Waals surface area contributed by atoms with Crippen LogP contribution in [0, 0.1) is 13.8 Å². The van der Waals surface area contributed by atoms with Crippen molar-refractivity contribution in [1.29, 1.82) is 0 Å². The number of benzene rings is 2. The quantitative estimate of drug-likeness (QED) is 0.280. The van der Waals surface area contributed by atoms with Crippen LogP contribution in [0.2, 0.25) is 15.1 Å².